The molecule has 0 aliphatic heterocycles. The van der Waals surface area contributed by atoms with Gasteiger partial charge < -0.3 is 66.3 Å². The lowest BCUT2D eigenvalue weighted by molar-refractivity contribution is -0.224. The fourth-order valence-corrected chi connectivity index (χ4v) is 34.7. The van der Waals surface area contributed by atoms with Crippen LogP contribution in [-0.4, -0.2) is 129 Å². The molecule has 0 radical (unpaired) electrons. The minimum atomic E-state index is -0.415. The Morgan fingerprint density at radius 1 is 0.231 bits per heavy atom. The number of esters is 7. The number of hydrogen-bond donors (Lipinski definition) is 0. The average Bonchev–Trinajstić information content (AvgIpc) is 1.56. The summed E-state index contributed by atoms with van der Waals surface area (Å²) in [4.78, 5) is 83.7. The van der Waals surface area contributed by atoms with Crippen molar-refractivity contribution >= 4 is 41.8 Å². The molecule has 24 rings (SSSR count). The van der Waals surface area contributed by atoms with Crippen molar-refractivity contribution in [3.8, 4) is 0 Å². The second-order valence-electron chi connectivity index (χ2n) is 54.3. The van der Waals surface area contributed by atoms with E-state index in [4.69, 9.17) is 66.3 Å². The standard InChI is InChI=1S/C20H32O3.2C19H30O3.C18H30O3.C17H28O3.C15H26O3.C14H24O3/c1-5-20(3,4)19(21)23-11(2)22-16-10-14-9-15(16)18-13-7-6-12(8-13)17(14)18;1-4-19(2,3)18(20)22-10-21-15-9-13-8-14(15)17-12-6-5-11(7-12)16(13)17;1-4-10(2)19(20)22-11(3)21-16-9-14-8-15(16)18-13-6-5-12(7-13)17(14)18;1-5-18(3,4)17(19)21-11(2)20-16-14-7-12-6-13(9-14)10-15(16)8-12;1-4-10(2)17(18)20-11(3)19-16-14-6-12-5-13(8-14)9-15(16)7-12;1-5-15(3,4)14(16)18-10(2)17-13-9-11-6-7-12(13)8-11;1-4-9(2)14(15)17-10(3)16-13-8-11-5-6-12(13)7-11/h11-18H,5-10H2,1-4H3;11-17H,4-10H2,1-3H3;10-18H,4-9H2,1-3H3;11-16H,5-10H2,1-4H3;10-16H,4-9H2,1-3H3;10-13H,5-9H2,1-4H3;9-13H,4-8H2,1-3H3. The predicted octanol–water partition coefficient (Wildman–Crippen LogP) is 27.0. The highest BCUT2D eigenvalue weighted by Crippen LogP contribution is 2.71. The van der Waals surface area contributed by atoms with Crippen molar-refractivity contribution in [2.75, 3.05) is 6.79 Å². The van der Waals surface area contributed by atoms with Crippen LogP contribution in [0.1, 0.15) is 423 Å². The summed E-state index contributed by atoms with van der Waals surface area (Å²) in [5.74, 6) is 25.6. The Balaban J connectivity index is 0.000000120. The van der Waals surface area contributed by atoms with Gasteiger partial charge in [0.2, 0.25) is 0 Å². The molecular formula is C122H200O21. The average molecular weight is 2000 g/mol. The molecule has 21 nitrogen and oxygen atoms in total. The topological polar surface area (TPSA) is 249 Å². The number of hydrogen-bond acceptors (Lipinski definition) is 21. The molecule has 36 unspecified atom stereocenters. The van der Waals surface area contributed by atoms with Gasteiger partial charge in [-0.1, -0.05) is 69.2 Å². The second-order valence-corrected chi connectivity index (χ2v) is 54.3. The van der Waals surface area contributed by atoms with Crippen LogP contribution in [0, 0.1) is 217 Å². The summed E-state index contributed by atoms with van der Waals surface area (Å²) in [6.07, 6.45) is 50.5. The van der Waals surface area contributed by atoms with Crippen LogP contribution in [0.3, 0.4) is 0 Å². The zero-order valence-corrected chi connectivity index (χ0v) is 93.6. The van der Waals surface area contributed by atoms with Crippen LogP contribution in [0.25, 0.3) is 0 Å². The number of carbonyl (C=O) groups is 7. The summed E-state index contributed by atoms with van der Waals surface area (Å²) >= 11 is 0. The third-order valence-electron chi connectivity index (χ3n) is 43.7. The maximum atomic E-state index is 12.2. The molecule has 24 aliphatic carbocycles. The highest BCUT2D eigenvalue weighted by atomic mass is 16.7. The lowest BCUT2D eigenvalue weighted by Crippen LogP contribution is -2.50. The van der Waals surface area contributed by atoms with Crippen LogP contribution >= 0.6 is 0 Å². The van der Waals surface area contributed by atoms with Crippen LogP contribution < -0.4 is 0 Å². The lowest BCUT2D eigenvalue weighted by atomic mass is 9.55. The summed E-state index contributed by atoms with van der Waals surface area (Å²) in [5.41, 5.74) is -1.64. The zero-order valence-electron chi connectivity index (χ0n) is 93.6. The highest BCUT2D eigenvalue weighted by molar-refractivity contribution is 5.77. The molecule has 0 aromatic carbocycles. The van der Waals surface area contributed by atoms with Gasteiger partial charge in [-0.3, -0.25) is 33.6 Å². The molecule has 24 aliphatic rings. The quantitative estimate of drug-likeness (QED) is 0.0247. The molecule has 0 heterocycles. The summed E-state index contributed by atoms with van der Waals surface area (Å²) in [6.45, 7) is 46.7. The fraction of sp³-hybridized carbons (Fsp3) is 0.943. The Morgan fingerprint density at radius 2 is 0.483 bits per heavy atom. The Hall–Kier alpha value is -3.99. The van der Waals surface area contributed by atoms with Gasteiger partial charge in [0.15, 0.2) is 44.5 Å². The van der Waals surface area contributed by atoms with E-state index in [1.165, 1.54) is 199 Å². The summed E-state index contributed by atoms with van der Waals surface area (Å²) in [5, 5.41) is 0. The second kappa shape index (κ2) is 47.3. The van der Waals surface area contributed by atoms with Crippen LogP contribution in [0.5, 0.6) is 0 Å². The normalized spacial score (nSPS) is 41.4. The molecule has 24 bridgehead atoms. The van der Waals surface area contributed by atoms with Crippen molar-refractivity contribution in [3.63, 3.8) is 0 Å². The molecule has 24 saturated carbocycles. The maximum Gasteiger partial charge on any atom is 0.313 e. The molecule has 36 atom stereocenters. The van der Waals surface area contributed by atoms with Gasteiger partial charge >= 0.3 is 41.8 Å². The van der Waals surface area contributed by atoms with Gasteiger partial charge in [0, 0.05) is 0 Å². The lowest BCUT2D eigenvalue weighted by Gasteiger charge is -2.54. The van der Waals surface area contributed by atoms with E-state index < -0.39 is 40.5 Å². The molecule has 21 heteroatoms. The van der Waals surface area contributed by atoms with Gasteiger partial charge in [-0.25, -0.2) is 0 Å². The Kier molecular flexibility index (Phi) is 36.9. The van der Waals surface area contributed by atoms with Gasteiger partial charge in [-0.05, 0) is 531 Å². The Morgan fingerprint density at radius 3 is 0.769 bits per heavy atom. The van der Waals surface area contributed by atoms with E-state index >= 15 is 0 Å². The number of carbonyl (C=O) groups excluding carboxylic acids is 7. The van der Waals surface area contributed by atoms with E-state index in [-0.39, 0.29) is 85.2 Å². The van der Waals surface area contributed by atoms with Crippen LogP contribution in [0.15, 0.2) is 0 Å². The summed E-state index contributed by atoms with van der Waals surface area (Å²) in [6, 6.07) is 0. The van der Waals surface area contributed by atoms with E-state index in [0.717, 1.165) is 212 Å². The van der Waals surface area contributed by atoms with Crippen molar-refractivity contribution in [2.45, 2.75) is 503 Å². The first-order valence-electron chi connectivity index (χ1n) is 59.9. The van der Waals surface area contributed by atoms with Crippen molar-refractivity contribution in [2.24, 2.45) is 217 Å². The molecule has 143 heavy (non-hydrogen) atoms. The van der Waals surface area contributed by atoms with Crippen LogP contribution in [0.4, 0.5) is 0 Å². The van der Waals surface area contributed by atoms with Crippen molar-refractivity contribution in [3.05, 3.63) is 0 Å². The predicted molar refractivity (Wildman–Crippen MR) is 550 cm³/mol. The molecule has 0 aromatic rings. The fourth-order valence-electron chi connectivity index (χ4n) is 34.7. The summed E-state index contributed by atoms with van der Waals surface area (Å²) < 4.78 is 80.7. The zero-order chi connectivity index (χ0) is 102. The number of rotatable bonds is 35. The molecule has 0 aromatic heterocycles. The molecule has 0 saturated heterocycles. The highest BCUT2D eigenvalue weighted by Gasteiger charge is 2.67. The van der Waals surface area contributed by atoms with Gasteiger partial charge in [0.1, 0.15) is 0 Å². The minimum absolute atomic E-state index is 0.0268. The molecule has 0 spiro atoms. The van der Waals surface area contributed by atoms with Gasteiger partial charge in [-0.15, -0.1) is 0 Å². The first-order chi connectivity index (χ1) is 68.0. The molecule has 814 valence electrons. The van der Waals surface area contributed by atoms with Crippen molar-refractivity contribution in [1.82, 2.24) is 0 Å². The smallest absolute Gasteiger partial charge is 0.313 e. The van der Waals surface area contributed by atoms with E-state index in [9.17, 15) is 33.6 Å². The minimum Gasteiger partial charge on any atom is -0.438 e. The van der Waals surface area contributed by atoms with Gasteiger partial charge in [0.25, 0.3) is 0 Å². The van der Waals surface area contributed by atoms with E-state index in [0.29, 0.717) is 66.4 Å². The first-order valence-corrected chi connectivity index (χ1v) is 59.9. The molecule has 0 N–H and O–H groups in total. The third kappa shape index (κ3) is 25.4. The monoisotopic (exact) mass is 2000 g/mol. The molecular weight excluding hydrogens is 1800 g/mol. The Bertz CT molecular complexity index is 4130. The SMILES string of the molecule is CCC(C)(C)C(=O)OC(C)OC1C2CC3CC(C2)CC1C3.CCC(C)(C)C(=O)OC(C)OC1CC2CC1C1C3CCC(C3)C21.CCC(C)(C)C(=O)OC(C)OC1CC2CCC1C2.CCC(C)(C)C(=O)OCOC1CC2CC1C1C3CCC(C3)C21.CCC(C)C(=O)OC(C)OC1C2CC3CC(C2)CC1C3.CCC(C)C(=O)OC(C)OC1CC2CC1C1C3CCC(C3)C21.CCC(C)C(=O)OC(C)OC1CC2CCC1C2. The van der Waals surface area contributed by atoms with Crippen molar-refractivity contribution in [1.29, 1.82) is 0 Å². The number of ether oxygens (including phenoxy) is 14. The van der Waals surface area contributed by atoms with E-state index in [2.05, 4.69) is 0 Å². The van der Waals surface area contributed by atoms with Crippen molar-refractivity contribution < 1.29 is 99.9 Å². The van der Waals surface area contributed by atoms with E-state index in [1.807, 2.05) is 166 Å². The van der Waals surface area contributed by atoms with E-state index in [1.54, 1.807) is 0 Å². The third-order valence-corrected chi connectivity index (χ3v) is 43.7. The molecule has 24 fully saturated rings. The maximum absolute atomic E-state index is 12.2. The van der Waals surface area contributed by atoms with Crippen LogP contribution in [-0.2, 0) is 99.9 Å². The van der Waals surface area contributed by atoms with Gasteiger partial charge in [0.05, 0.1) is 82.1 Å². The summed E-state index contributed by atoms with van der Waals surface area (Å²) in [7, 11) is 0. The molecule has 0 amide bonds. The number of fused-ring (bicyclic) bond motifs is 31. The van der Waals surface area contributed by atoms with Gasteiger partial charge in [-0.2, -0.15) is 0 Å². The Labute approximate surface area is 864 Å². The van der Waals surface area contributed by atoms with Crippen LogP contribution in [0.2, 0.25) is 0 Å². The largest absolute Gasteiger partial charge is 0.438 e. The first kappa shape index (κ1) is 112.